The molecule has 28 heavy (non-hydrogen) atoms. The second-order valence-electron chi connectivity index (χ2n) is 7.44. The van der Waals surface area contributed by atoms with Gasteiger partial charge in [-0.1, -0.05) is 26.0 Å². The van der Waals surface area contributed by atoms with Crippen molar-refractivity contribution in [3.63, 3.8) is 0 Å². The molecule has 2 aromatic rings. The highest BCUT2D eigenvalue weighted by Crippen LogP contribution is 2.23. The lowest BCUT2D eigenvalue weighted by Gasteiger charge is -2.31. The number of nitrogens with zero attached hydrogens (tertiary/aromatic N) is 4. The van der Waals surface area contributed by atoms with Gasteiger partial charge in [-0.25, -0.2) is 14.1 Å². The average Bonchev–Trinajstić information content (AvgIpc) is 3.12. The van der Waals surface area contributed by atoms with E-state index in [2.05, 4.69) is 15.4 Å². The van der Waals surface area contributed by atoms with Gasteiger partial charge in [-0.3, -0.25) is 4.79 Å². The van der Waals surface area contributed by atoms with Crippen LogP contribution in [0.3, 0.4) is 0 Å². The Morgan fingerprint density at radius 1 is 1.29 bits per heavy atom. The quantitative estimate of drug-likeness (QED) is 0.794. The topological polar surface area (TPSA) is 63.1 Å². The van der Waals surface area contributed by atoms with Gasteiger partial charge in [0.05, 0.1) is 0 Å². The summed E-state index contributed by atoms with van der Waals surface area (Å²) in [5.41, 5.74) is 0.318. The van der Waals surface area contributed by atoms with Crippen molar-refractivity contribution < 1.29 is 9.18 Å². The molecule has 0 bridgehead atoms. The first kappa shape index (κ1) is 22.3. The van der Waals surface area contributed by atoms with Crippen molar-refractivity contribution in [3.05, 3.63) is 41.7 Å². The number of hydrogen-bond acceptors (Lipinski definition) is 4. The summed E-state index contributed by atoms with van der Waals surface area (Å²) in [7, 11) is 1.96. The second kappa shape index (κ2) is 9.98. The number of nitrogens with one attached hydrogen (secondary N) is 1. The molecule has 8 heteroatoms. The highest BCUT2D eigenvalue weighted by molar-refractivity contribution is 5.90. The van der Waals surface area contributed by atoms with Crippen LogP contribution in [0.1, 0.15) is 55.5 Å². The van der Waals surface area contributed by atoms with Gasteiger partial charge >= 0.3 is 0 Å². The molecule has 1 fully saturated rings. The zero-order chi connectivity index (χ0) is 19.4. The molecule has 1 amide bonds. The lowest BCUT2D eigenvalue weighted by Crippen LogP contribution is -2.39. The van der Waals surface area contributed by atoms with E-state index in [9.17, 15) is 9.18 Å². The summed E-state index contributed by atoms with van der Waals surface area (Å²) in [4.78, 5) is 19.2. The molecule has 0 aliphatic carbocycles. The van der Waals surface area contributed by atoms with Gasteiger partial charge in [0, 0.05) is 19.0 Å². The lowest BCUT2D eigenvalue weighted by molar-refractivity contribution is 0.0674. The van der Waals surface area contributed by atoms with Gasteiger partial charge in [0.2, 0.25) is 5.82 Å². The number of carbonyl (C=O) groups is 1. The minimum atomic E-state index is -0.381. The maximum atomic E-state index is 14.2. The molecular weight excluding hydrogens is 381 g/mol. The largest absolute Gasteiger partial charge is 0.336 e. The Hall–Kier alpha value is -1.99. The summed E-state index contributed by atoms with van der Waals surface area (Å²) in [5.74, 6) is 0.860. The molecule has 0 spiro atoms. The van der Waals surface area contributed by atoms with Crippen molar-refractivity contribution in [3.8, 4) is 5.69 Å². The van der Waals surface area contributed by atoms with E-state index < -0.39 is 0 Å². The third-order valence-corrected chi connectivity index (χ3v) is 5.12. The van der Waals surface area contributed by atoms with Gasteiger partial charge in [0.1, 0.15) is 17.3 Å². The predicted molar refractivity (Wildman–Crippen MR) is 110 cm³/mol. The van der Waals surface area contributed by atoms with E-state index in [1.165, 1.54) is 10.7 Å². The molecule has 0 atom stereocenters. The molecule has 1 N–H and O–H groups in total. The van der Waals surface area contributed by atoms with Crippen LogP contribution < -0.4 is 5.32 Å². The maximum absolute atomic E-state index is 14.2. The number of carbonyl (C=O) groups excluding carboxylic acids is 1. The highest BCUT2D eigenvalue weighted by Gasteiger charge is 2.28. The van der Waals surface area contributed by atoms with Crippen LogP contribution in [-0.2, 0) is 0 Å². The summed E-state index contributed by atoms with van der Waals surface area (Å²) in [6.07, 6.45) is 3.13. The van der Waals surface area contributed by atoms with Gasteiger partial charge in [-0.05, 0) is 50.9 Å². The average molecular weight is 410 g/mol. The van der Waals surface area contributed by atoms with Crippen LogP contribution >= 0.6 is 12.4 Å². The Labute approximate surface area is 171 Å². The smallest absolute Gasteiger partial charge is 0.293 e. The molecule has 6 nitrogen and oxygen atoms in total. The Morgan fingerprint density at radius 2 is 1.96 bits per heavy atom. The molecule has 1 aliphatic heterocycles. The van der Waals surface area contributed by atoms with Crippen LogP contribution in [0.4, 0.5) is 4.39 Å². The Bertz CT molecular complexity index is 787. The van der Waals surface area contributed by atoms with E-state index in [1.54, 1.807) is 18.2 Å². The Balaban J connectivity index is 0.00000280. The fourth-order valence-corrected chi connectivity index (χ4v) is 3.50. The van der Waals surface area contributed by atoms with Crippen LogP contribution in [0.25, 0.3) is 5.69 Å². The van der Waals surface area contributed by atoms with Crippen molar-refractivity contribution in [2.75, 3.05) is 26.7 Å². The second-order valence-corrected chi connectivity index (χ2v) is 7.44. The normalized spacial score (nSPS) is 15.0. The van der Waals surface area contributed by atoms with Gasteiger partial charge < -0.3 is 10.2 Å². The molecule has 2 heterocycles. The highest BCUT2D eigenvalue weighted by atomic mass is 35.5. The third-order valence-electron chi connectivity index (χ3n) is 5.12. The summed E-state index contributed by atoms with van der Waals surface area (Å²) in [6, 6.07) is 6.42. The van der Waals surface area contributed by atoms with Gasteiger partial charge in [0.25, 0.3) is 5.91 Å². The number of likely N-dealkylation sites (tertiary alicyclic amines) is 1. The van der Waals surface area contributed by atoms with Crippen molar-refractivity contribution in [1.82, 2.24) is 25.0 Å². The maximum Gasteiger partial charge on any atom is 0.293 e. The zero-order valence-electron chi connectivity index (χ0n) is 16.7. The van der Waals surface area contributed by atoms with Gasteiger partial charge in [-0.15, -0.1) is 17.5 Å². The van der Waals surface area contributed by atoms with E-state index in [0.717, 1.165) is 38.9 Å². The number of para-hydroxylation sites is 1. The number of halogens is 2. The summed E-state index contributed by atoms with van der Waals surface area (Å²) in [6.45, 7) is 6.37. The van der Waals surface area contributed by atoms with E-state index in [4.69, 9.17) is 0 Å². The fourth-order valence-electron chi connectivity index (χ4n) is 3.50. The molecule has 154 valence electrons. The number of amides is 1. The minimum Gasteiger partial charge on any atom is -0.336 e. The first-order valence-corrected chi connectivity index (χ1v) is 9.67. The number of aromatic nitrogens is 3. The van der Waals surface area contributed by atoms with Gasteiger partial charge in [0.15, 0.2) is 0 Å². The van der Waals surface area contributed by atoms with Crippen LogP contribution in [0, 0.1) is 11.7 Å². The molecule has 1 aromatic carbocycles. The molecule has 1 aliphatic rings. The number of hydrogen-bond donors (Lipinski definition) is 1. The summed E-state index contributed by atoms with van der Waals surface area (Å²) in [5, 5.41) is 7.55. The zero-order valence-corrected chi connectivity index (χ0v) is 17.5. The van der Waals surface area contributed by atoms with E-state index in [1.807, 2.05) is 25.8 Å². The number of benzene rings is 1. The first-order chi connectivity index (χ1) is 13.0. The van der Waals surface area contributed by atoms with Crippen LogP contribution in [0.5, 0.6) is 0 Å². The van der Waals surface area contributed by atoms with Crippen molar-refractivity contribution in [2.45, 2.75) is 39.0 Å². The van der Waals surface area contributed by atoms with Crippen LogP contribution in [0.2, 0.25) is 0 Å². The Morgan fingerprint density at radius 3 is 2.57 bits per heavy atom. The summed E-state index contributed by atoms with van der Waals surface area (Å²) < 4.78 is 15.7. The monoisotopic (exact) mass is 409 g/mol. The molecule has 0 unspecified atom stereocenters. The molecule has 3 rings (SSSR count). The molecule has 1 saturated heterocycles. The third kappa shape index (κ3) is 4.89. The standard InChI is InChI=1S/C20H28FN5O.ClH/c1-14(2)19-23-18(24-26(19)17-7-5-4-6-16(17)21)20(27)25-12-9-15(10-13-25)8-11-22-3;/h4-7,14-15,22H,8-13H2,1-3H3;1H. The molecule has 1 aromatic heterocycles. The van der Waals surface area contributed by atoms with E-state index in [0.29, 0.717) is 17.4 Å². The van der Waals surface area contributed by atoms with Crippen molar-refractivity contribution in [1.29, 1.82) is 0 Å². The van der Waals surface area contributed by atoms with Crippen molar-refractivity contribution >= 4 is 18.3 Å². The van der Waals surface area contributed by atoms with Crippen molar-refractivity contribution in [2.24, 2.45) is 5.92 Å². The van der Waals surface area contributed by atoms with E-state index in [-0.39, 0.29) is 35.9 Å². The predicted octanol–water partition coefficient (Wildman–Crippen LogP) is 3.41. The minimum absolute atomic E-state index is 0. The number of piperidine rings is 1. The fraction of sp³-hybridized carbons (Fsp3) is 0.550. The van der Waals surface area contributed by atoms with Crippen LogP contribution in [0.15, 0.2) is 24.3 Å². The summed E-state index contributed by atoms with van der Waals surface area (Å²) >= 11 is 0. The molecule has 0 saturated carbocycles. The van der Waals surface area contributed by atoms with Gasteiger partial charge in [-0.2, -0.15) is 0 Å². The molecular formula is C20H29ClFN5O. The molecule has 0 radical (unpaired) electrons. The first-order valence-electron chi connectivity index (χ1n) is 9.67. The SMILES string of the molecule is CNCCC1CCN(C(=O)c2nc(C(C)C)n(-c3ccccc3F)n2)CC1.Cl. The van der Waals surface area contributed by atoms with Crippen LogP contribution in [-0.4, -0.2) is 52.3 Å². The lowest BCUT2D eigenvalue weighted by atomic mass is 9.93. The van der Waals surface area contributed by atoms with E-state index >= 15 is 0 Å². The Kier molecular flexibility index (Phi) is 7.95. The number of rotatable bonds is 6.